The molecule has 2 rings (SSSR count). The standard InChI is InChI=1S/C32H46N2O4/c1-8-9-13-26(31(37)38)20-25(29(35)34-28(30(36)33-7)32(4,5)6)19-16-23-14-17-24(18-15-23)27-21(2)11-10-12-22(27)3/h10-12,14-15,17-18,25-26,28H,8-9,13,16,19-20H2,1-7H3,(H,33,36)(H,34,35)(H,37,38)/t25-,26+,28-/m1/s1. The third-order valence-electron chi connectivity index (χ3n) is 7.36. The van der Waals surface area contributed by atoms with Crippen LogP contribution in [0.25, 0.3) is 11.1 Å². The molecule has 0 spiro atoms. The number of nitrogens with one attached hydrogen (secondary N) is 2. The number of unbranched alkanes of at least 4 members (excludes halogenated alkanes) is 1. The predicted octanol–water partition coefficient (Wildman–Crippen LogP) is 6.08. The van der Waals surface area contributed by atoms with Crippen molar-refractivity contribution in [3.05, 3.63) is 59.2 Å². The summed E-state index contributed by atoms with van der Waals surface area (Å²) in [4.78, 5) is 38.1. The van der Waals surface area contributed by atoms with Crippen LogP contribution in [0.4, 0.5) is 0 Å². The summed E-state index contributed by atoms with van der Waals surface area (Å²) < 4.78 is 0. The van der Waals surface area contributed by atoms with Crippen LogP contribution in [-0.2, 0) is 20.8 Å². The number of amides is 2. The first-order valence-electron chi connectivity index (χ1n) is 13.8. The van der Waals surface area contributed by atoms with Crippen LogP contribution >= 0.6 is 0 Å². The molecule has 0 aliphatic carbocycles. The Hall–Kier alpha value is -3.15. The molecular formula is C32H46N2O4. The number of likely N-dealkylation sites (N-methyl/N-ethyl adjacent to an activating group) is 1. The lowest BCUT2D eigenvalue weighted by molar-refractivity contribution is -0.143. The van der Waals surface area contributed by atoms with Crippen LogP contribution in [-0.4, -0.2) is 36.0 Å². The Balaban J connectivity index is 2.25. The quantitative estimate of drug-likeness (QED) is 0.297. The average molecular weight is 523 g/mol. The molecule has 0 saturated heterocycles. The molecule has 0 aliphatic rings. The Morgan fingerprint density at radius 1 is 0.895 bits per heavy atom. The molecule has 6 nitrogen and oxygen atoms in total. The Bertz CT molecular complexity index is 1070. The van der Waals surface area contributed by atoms with Crippen molar-refractivity contribution >= 4 is 17.8 Å². The number of hydrogen-bond donors (Lipinski definition) is 3. The van der Waals surface area contributed by atoms with Gasteiger partial charge in [-0.15, -0.1) is 0 Å². The fourth-order valence-electron chi connectivity index (χ4n) is 5.02. The molecule has 2 aromatic rings. The second-order valence-corrected chi connectivity index (χ2v) is 11.5. The fourth-order valence-corrected chi connectivity index (χ4v) is 5.02. The van der Waals surface area contributed by atoms with Gasteiger partial charge in [-0.2, -0.15) is 0 Å². The van der Waals surface area contributed by atoms with Gasteiger partial charge in [0, 0.05) is 13.0 Å². The summed E-state index contributed by atoms with van der Waals surface area (Å²) in [6.45, 7) is 12.0. The third-order valence-corrected chi connectivity index (χ3v) is 7.36. The number of carbonyl (C=O) groups excluding carboxylic acids is 2. The van der Waals surface area contributed by atoms with Gasteiger partial charge < -0.3 is 15.7 Å². The molecule has 3 N–H and O–H groups in total. The maximum absolute atomic E-state index is 13.5. The van der Waals surface area contributed by atoms with Crippen molar-refractivity contribution < 1.29 is 19.5 Å². The molecule has 6 heteroatoms. The molecule has 0 heterocycles. The summed E-state index contributed by atoms with van der Waals surface area (Å²) in [5.74, 6) is -2.49. The van der Waals surface area contributed by atoms with E-state index < -0.39 is 29.3 Å². The molecule has 2 amide bonds. The molecule has 0 aliphatic heterocycles. The third kappa shape index (κ3) is 8.71. The monoisotopic (exact) mass is 522 g/mol. The van der Waals surface area contributed by atoms with Crippen LogP contribution in [0.5, 0.6) is 0 Å². The van der Waals surface area contributed by atoms with Crippen LogP contribution in [0.1, 0.15) is 76.5 Å². The van der Waals surface area contributed by atoms with E-state index in [1.165, 1.54) is 16.7 Å². The van der Waals surface area contributed by atoms with Crippen molar-refractivity contribution in [2.75, 3.05) is 7.05 Å². The lowest BCUT2D eigenvalue weighted by Gasteiger charge is -2.31. The van der Waals surface area contributed by atoms with Gasteiger partial charge in [-0.05, 0) is 72.8 Å². The highest BCUT2D eigenvalue weighted by molar-refractivity contribution is 5.89. The minimum Gasteiger partial charge on any atom is -0.481 e. The van der Waals surface area contributed by atoms with E-state index in [2.05, 4.69) is 66.9 Å². The molecule has 208 valence electrons. The molecule has 0 aromatic heterocycles. The Labute approximate surface area is 228 Å². The minimum atomic E-state index is -0.868. The van der Waals surface area contributed by atoms with Crippen LogP contribution < -0.4 is 10.6 Å². The van der Waals surface area contributed by atoms with Crippen LogP contribution in [0.3, 0.4) is 0 Å². The SMILES string of the molecule is CCCC[C@@H](C[C@@H](CCc1ccc(-c2c(C)cccc2C)cc1)C(=O)N[C@H](C(=O)NC)C(C)(C)C)C(=O)O. The van der Waals surface area contributed by atoms with Crippen molar-refractivity contribution in [3.63, 3.8) is 0 Å². The van der Waals surface area contributed by atoms with Crippen LogP contribution in [0.2, 0.25) is 0 Å². The summed E-state index contributed by atoms with van der Waals surface area (Å²) >= 11 is 0. The average Bonchev–Trinajstić information content (AvgIpc) is 2.86. The van der Waals surface area contributed by atoms with Gasteiger partial charge in [-0.3, -0.25) is 14.4 Å². The molecule has 0 unspecified atom stereocenters. The number of hydrogen-bond acceptors (Lipinski definition) is 3. The summed E-state index contributed by atoms with van der Waals surface area (Å²) in [5, 5.41) is 15.4. The predicted molar refractivity (Wildman–Crippen MR) is 154 cm³/mol. The van der Waals surface area contributed by atoms with E-state index >= 15 is 0 Å². The highest BCUT2D eigenvalue weighted by atomic mass is 16.4. The largest absolute Gasteiger partial charge is 0.481 e. The zero-order chi connectivity index (χ0) is 28.5. The van der Waals surface area contributed by atoms with Gasteiger partial charge in [0.1, 0.15) is 6.04 Å². The normalized spacial score (nSPS) is 13.9. The molecule has 0 radical (unpaired) electrons. The molecule has 38 heavy (non-hydrogen) atoms. The molecule has 0 fully saturated rings. The van der Waals surface area contributed by atoms with E-state index in [1.807, 2.05) is 27.7 Å². The van der Waals surface area contributed by atoms with Gasteiger partial charge in [-0.1, -0.05) is 83.0 Å². The lowest BCUT2D eigenvalue weighted by Crippen LogP contribution is -2.54. The van der Waals surface area contributed by atoms with Crippen molar-refractivity contribution in [1.82, 2.24) is 10.6 Å². The number of aryl methyl sites for hydroxylation is 3. The zero-order valence-electron chi connectivity index (χ0n) is 24.2. The molecule has 3 atom stereocenters. The summed E-state index contributed by atoms with van der Waals surface area (Å²) in [5.41, 5.74) is 5.45. The number of carboxylic acids is 1. The second kappa shape index (κ2) is 14.1. The fraction of sp³-hybridized carbons (Fsp3) is 0.531. The van der Waals surface area contributed by atoms with E-state index in [-0.39, 0.29) is 18.2 Å². The van der Waals surface area contributed by atoms with E-state index in [0.29, 0.717) is 19.3 Å². The van der Waals surface area contributed by atoms with Crippen molar-refractivity contribution in [1.29, 1.82) is 0 Å². The first-order chi connectivity index (χ1) is 17.9. The lowest BCUT2D eigenvalue weighted by atomic mass is 9.83. The van der Waals surface area contributed by atoms with Gasteiger partial charge in [0.15, 0.2) is 0 Å². The van der Waals surface area contributed by atoms with Gasteiger partial charge in [-0.25, -0.2) is 0 Å². The molecular weight excluding hydrogens is 476 g/mol. The Morgan fingerprint density at radius 3 is 2.00 bits per heavy atom. The number of carboxylic acid groups (broad SMARTS) is 1. The topological polar surface area (TPSA) is 95.5 Å². The van der Waals surface area contributed by atoms with Crippen LogP contribution in [0, 0.1) is 31.1 Å². The minimum absolute atomic E-state index is 0.256. The summed E-state index contributed by atoms with van der Waals surface area (Å²) in [7, 11) is 1.55. The van der Waals surface area contributed by atoms with Gasteiger partial charge in [0.2, 0.25) is 11.8 Å². The number of carbonyl (C=O) groups is 3. The van der Waals surface area contributed by atoms with Gasteiger partial charge in [0.05, 0.1) is 5.92 Å². The first kappa shape index (κ1) is 31.1. The zero-order valence-corrected chi connectivity index (χ0v) is 24.2. The number of benzene rings is 2. The highest BCUT2D eigenvalue weighted by Gasteiger charge is 2.35. The first-order valence-corrected chi connectivity index (χ1v) is 13.8. The maximum Gasteiger partial charge on any atom is 0.306 e. The number of rotatable bonds is 13. The maximum atomic E-state index is 13.5. The van der Waals surface area contributed by atoms with Gasteiger partial charge >= 0.3 is 5.97 Å². The smallest absolute Gasteiger partial charge is 0.306 e. The van der Waals surface area contributed by atoms with Crippen LogP contribution in [0.15, 0.2) is 42.5 Å². The molecule has 2 aromatic carbocycles. The highest BCUT2D eigenvalue weighted by Crippen LogP contribution is 2.29. The molecule has 0 bridgehead atoms. The summed E-state index contributed by atoms with van der Waals surface area (Å²) in [6.07, 6.45) is 3.65. The van der Waals surface area contributed by atoms with Crippen molar-refractivity contribution in [3.8, 4) is 11.1 Å². The van der Waals surface area contributed by atoms with E-state index in [1.54, 1.807) is 7.05 Å². The van der Waals surface area contributed by atoms with E-state index in [4.69, 9.17) is 0 Å². The second-order valence-electron chi connectivity index (χ2n) is 11.5. The van der Waals surface area contributed by atoms with E-state index in [0.717, 1.165) is 24.0 Å². The van der Waals surface area contributed by atoms with E-state index in [9.17, 15) is 19.5 Å². The Kier molecular flexibility index (Phi) is 11.6. The molecule has 0 saturated carbocycles. The van der Waals surface area contributed by atoms with Gasteiger partial charge in [0.25, 0.3) is 0 Å². The van der Waals surface area contributed by atoms with Crippen molar-refractivity contribution in [2.45, 2.75) is 86.1 Å². The number of aliphatic carboxylic acids is 1. The Morgan fingerprint density at radius 2 is 1.50 bits per heavy atom. The summed E-state index contributed by atoms with van der Waals surface area (Å²) in [6, 6.07) is 14.0. The van der Waals surface area contributed by atoms with Crippen molar-refractivity contribution in [2.24, 2.45) is 17.3 Å².